The van der Waals surface area contributed by atoms with Crippen molar-refractivity contribution >= 4 is 23.2 Å². The van der Waals surface area contributed by atoms with Crippen LogP contribution in [-0.4, -0.2) is 53.4 Å². The first kappa shape index (κ1) is 28.9. The van der Waals surface area contributed by atoms with E-state index < -0.39 is 17.9 Å². The molecule has 1 aliphatic heterocycles. The minimum atomic E-state index is -2.03. The number of carbonyl (C=O) groups is 1. The van der Waals surface area contributed by atoms with Gasteiger partial charge in [-0.1, -0.05) is 43.8 Å². The molecule has 200 valence electrons. The Bertz CT molecular complexity index is 1140. The van der Waals surface area contributed by atoms with E-state index in [1.54, 1.807) is 37.5 Å². The van der Waals surface area contributed by atoms with E-state index in [9.17, 15) is 14.3 Å². The van der Waals surface area contributed by atoms with Gasteiger partial charge in [0, 0.05) is 44.8 Å². The largest absolute Gasteiger partial charge is 0.392 e. The second kappa shape index (κ2) is 12.7. The number of nitrogens with one attached hydrogen (secondary N) is 1. The van der Waals surface area contributed by atoms with Gasteiger partial charge in [-0.05, 0) is 54.6 Å². The van der Waals surface area contributed by atoms with Crippen molar-refractivity contribution in [2.45, 2.75) is 56.8 Å². The van der Waals surface area contributed by atoms with Crippen LogP contribution in [0.25, 0.3) is 0 Å². The molecule has 0 bridgehead atoms. The maximum absolute atomic E-state index is 15.0. The third-order valence-corrected chi connectivity index (χ3v) is 7.07. The topological polar surface area (TPSA) is 93.6 Å². The molecule has 0 amide bonds. The van der Waals surface area contributed by atoms with Gasteiger partial charge in [0.15, 0.2) is 11.5 Å². The third-order valence-electron chi connectivity index (χ3n) is 6.91. The highest BCUT2D eigenvalue weighted by molar-refractivity contribution is 6.28. The number of aliphatic hydroxyl groups excluding tert-OH is 1. The van der Waals surface area contributed by atoms with Gasteiger partial charge in [-0.25, -0.2) is 14.4 Å². The molecular weight excluding hydrogens is 497 g/mol. The number of allylic oxidation sites excluding steroid dienone is 1. The van der Waals surface area contributed by atoms with E-state index in [1.807, 2.05) is 19.9 Å². The van der Waals surface area contributed by atoms with Crippen molar-refractivity contribution in [3.8, 4) is 0 Å². The van der Waals surface area contributed by atoms with E-state index in [-0.39, 0.29) is 17.1 Å². The van der Waals surface area contributed by atoms with Gasteiger partial charge in [0.05, 0.1) is 12.3 Å². The summed E-state index contributed by atoms with van der Waals surface area (Å²) >= 11 is 6.22. The molecule has 2 N–H and O–H groups in total. The van der Waals surface area contributed by atoms with Gasteiger partial charge in [-0.15, -0.1) is 0 Å². The number of benzene rings is 1. The van der Waals surface area contributed by atoms with Gasteiger partial charge in [0.25, 0.3) is 0 Å². The van der Waals surface area contributed by atoms with Crippen molar-refractivity contribution in [2.24, 2.45) is 0 Å². The fraction of sp³-hybridized carbons (Fsp3) is 0.464. The molecule has 1 unspecified atom stereocenters. The molecule has 2 atom stereocenters. The summed E-state index contributed by atoms with van der Waals surface area (Å²) in [5.41, 5.74) is -0.198. The Morgan fingerprint density at radius 2 is 2.14 bits per heavy atom. The number of hydrogen-bond acceptors (Lipinski definition) is 7. The van der Waals surface area contributed by atoms with Crippen LogP contribution in [0.3, 0.4) is 0 Å². The van der Waals surface area contributed by atoms with Crippen molar-refractivity contribution < 1.29 is 23.8 Å². The Labute approximate surface area is 222 Å². The van der Waals surface area contributed by atoms with E-state index in [0.717, 1.165) is 22.9 Å². The Morgan fingerprint density at radius 1 is 1.41 bits per heavy atom. The Balaban J connectivity index is 1.85. The van der Waals surface area contributed by atoms with Crippen molar-refractivity contribution in [3.05, 3.63) is 76.7 Å². The number of hydrogen-bond donors (Lipinski definition) is 2. The molecule has 9 heteroatoms. The highest BCUT2D eigenvalue weighted by atomic mass is 35.5. The average Bonchev–Trinajstić information content (AvgIpc) is 2.93. The monoisotopic (exact) mass is 531 g/mol. The van der Waals surface area contributed by atoms with Crippen LogP contribution in [0, 0.1) is 0 Å². The number of aromatic nitrogens is 2. The quantitative estimate of drug-likeness (QED) is 0.224. The molecule has 0 saturated carbocycles. The standard InChI is InChI=1S/C28H35ClFN3O4/c1-5-23-22(11-8-12-24(35)28(36-4)13-15-37-16-14-28)25(33-26(29)32-23)31-19(3)20-9-7-10-21(17-20)27(30,6-2)18-34/h6-10,12,17,19,34H,2,5,11,13-16,18H2,1,3-4H3,(H,31,32,33)/b12-8+/t19-,27?/m1/s1. The summed E-state index contributed by atoms with van der Waals surface area (Å²) in [5.74, 6) is 0.448. The molecule has 0 aliphatic carbocycles. The van der Waals surface area contributed by atoms with Gasteiger partial charge in [-0.2, -0.15) is 0 Å². The van der Waals surface area contributed by atoms with Crippen LogP contribution in [-0.2, 0) is 32.8 Å². The van der Waals surface area contributed by atoms with Gasteiger partial charge in [-0.3, -0.25) is 4.79 Å². The van der Waals surface area contributed by atoms with E-state index in [0.29, 0.717) is 50.3 Å². The summed E-state index contributed by atoms with van der Waals surface area (Å²) < 4.78 is 26.0. The Kier molecular flexibility index (Phi) is 9.95. The van der Waals surface area contributed by atoms with E-state index >= 15 is 0 Å². The van der Waals surface area contributed by atoms with Crippen LogP contribution >= 0.6 is 11.6 Å². The minimum Gasteiger partial charge on any atom is -0.392 e. The molecule has 1 saturated heterocycles. The van der Waals surface area contributed by atoms with Crippen LogP contribution < -0.4 is 5.32 Å². The van der Waals surface area contributed by atoms with Crippen molar-refractivity contribution in [3.63, 3.8) is 0 Å². The zero-order valence-corrected chi connectivity index (χ0v) is 22.4. The lowest BCUT2D eigenvalue weighted by atomic mass is 9.89. The number of anilines is 1. The number of nitrogens with zero attached hydrogens (tertiary/aromatic N) is 2. The van der Waals surface area contributed by atoms with E-state index in [4.69, 9.17) is 21.1 Å². The first-order valence-electron chi connectivity index (χ1n) is 12.4. The number of methoxy groups -OCH3 is 1. The molecule has 1 fully saturated rings. The molecule has 37 heavy (non-hydrogen) atoms. The summed E-state index contributed by atoms with van der Waals surface area (Å²) in [5, 5.41) is 13.0. The van der Waals surface area contributed by atoms with Gasteiger partial charge in [0.2, 0.25) is 5.28 Å². The molecule has 2 heterocycles. The van der Waals surface area contributed by atoms with Crippen molar-refractivity contribution in [1.82, 2.24) is 9.97 Å². The minimum absolute atomic E-state index is 0.0910. The zero-order valence-electron chi connectivity index (χ0n) is 21.6. The first-order valence-corrected chi connectivity index (χ1v) is 12.8. The molecule has 1 aromatic carbocycles. The fourth-order valence-corrected chi connectivity index (χ4v) is 4.63. The van der Waals surface area contributed by atoms with Crippen LogP contribution in [0.4, 0.5) is 10.2 Å². The maximum atomic E-state index is 15.0. The number of halogens is 2. The van der Waals surface area contributed by atoms with E-state index in [1.165, 1.54) is 0 Å². The van der Waals surface area contributed by atoms with Crippen molar-refractivity contribution in [1.29, 1.82) is 0 Å². The lowest BCUT2D eigenvalue weighted by Crippen LogP contribution is -2.44. The molecule has 7 nitrogen and oxygen atoms in total. The number of aryl methyl sites for hydroxylation is 1. The summed E-state index contributed by atoms with van der Waals surface area (Å²) in [7, 11) is 1.56. The number of aliphatic hydroxyl groups is 1. The second-order valence-corrected chi connectivity index (χ2v) is 9.46. The number of ether oxygens (including phenoxy) is 2. The van der Waals surface area contributed by atoms with Crippen LogP contribution in [0.1, 0.15) is 55.1 Å². The summed E-state index contributed by atoms with van der Waals surface area (Å²) in [4.78, 5) is 21.8. The second-order valence-electron chi connectivity index (χ2n) is 9.12. The fourth-order valence-electron chi connectivity index (χ4n) is 4.44. The molecule has 3 rings (SSSR count). The van der Waals surface area contributed by atoms with Crippen LogP contribution in [0.5, 0.6) is 0 Å². The molecule has 0 radical (unpaired) electrons. The number of rotatable bonds is 12. The predicted molar refractivity (Wildman–Crippen MR) is 143 cm³/mol. The van der Waals surface area contributed by atoms with Crippen LogP contribution in [0.2, 0.25) is 5.28 Å². The summed E-state index contributed by atoms with van der Waals surface area (Å²) in [6.07, 6.45) is 6.52. The molecule has 1 aliphatic rings. The summed E-state index contributed by atoms with van der Waals surface area (Å²) in [6.45, 7) is 7.68. The lowest BCUT2D eigenvalue weighted by molar-refractivity contribution is -0.147. The normalized spacial score (nSPS) is 17.8. The van der Waals surface area contributed by atoms with Gasteiger partial charge < -0.3 is 19.9 Å². The number of ketones is 1. The SMILES string of the molecule is C=CC(F)(CO)c1cccc([C@@H](C)Nc2nc(Cl)nc(CC)c2C/C=C/C(=O)C2(OC)CCOCC2)c1. The average molecular weight is 532 g/mol. The number of alkyl halides is 1. The summed E-state index contributed by atoms with van der Waals surface area (Å²) in [6, 6.07) is 6.63. The van der Waals surface area contributed by atoms with Crippen molar-refractivity contribution in [2.75, 3.05) is 32.2 Å². The Hall–Kier alpha value is -2.65. The third kappa shape index (κ3) is 6.62. The lowest BCUT2D eigenvalue weighted by Gasteiger charge is -2.33. The molecule has 2 aromatic rings. The maximum Gasteiger partial charge on any atom is 0.224 e. The zero-order chi connectivity index (χ0) is 27.1. The van der Waals surface area contributed by atoms with E-state index in [2.05, 4.69) is 21.9 Å². The van der Waals surface area contributed by atoms with Gasteiger partial charge >= 0.3 is 0 Å². The molecular formula is C28H35ClFN3O4. The van der Waals surface area contributed by atoms with Gasteiger partial charge in [0.1, 0.15) is 11.4 Å². The smallest absolute Gasteiger partial charge is 0.224 e. The highest BCUT2D eigenvalue weighted by Crippen LogP contribution is 2.31. The molecule has 0 spiro atoms. The van der Waals surface area contributed by atoms with Crippen LogP contribution in [0.15, 0.2) is 49.1 Å². The first-order chi connectivity index (χ1) is 17.7. The number of carbonyl (C=O) groups excluding carboxylic acids is 1. The Morgan fingerprint density at radius 3 is 2.76 bits per heavy atom. The molecule has 1 aromatic heterocycles. The highest BCUT2D eigenvalue weighted by Gasteiger charge is 2.38. The predicted octanol–water partition coefficient (Wildman–Crippen LogP) is 5.07.